The summed E-state index contributed by atoms with van der Waals surface area (Å²) in [6.45, 7) is 0.299. The summed E-state index contributed by atoms with van der Waals surface area (Å²) < 4.78 is 18.6. The molecule has 5 heteroatoms. The molecule has 2 rings (SSSR count). The van der Waals surface area contributed by atoms with Gasteiger partial charge < -0.3 is 15.0 Å². The Morgan fingerprint density at radius 1 is 1.12 bits per heavy atom. The van der Waals surface area contributed by atoms with Crippen LogP contribution in [-0.2, 0) is 11.2 Å². The lowest BCUT2D eigenvalue weighted by molar-refractivity contribution is -0.123. The van der Waals surface area contributed by atoms with E-state index in [0.717, 1.165) is 6.42 Å². The normalized spacial score (nSPS) is 12.0. The molecule has 0 heterocycles. The third kappa shape index (κ3) is 5.66. The molecular formula is C19H23FN2O2. The fourth-order valence-corrected chi connectivity index (χ4v) is 2.31. The van der Waals surface area contributed by atoms with E-state index >= 15 is 0 Å². The van der Waals surface area contributed by atoms with Crippen LogP contribution in [0.15, 0.2) is 54.6 Å². The SMILES string of the molecule is CN(C)C(CNC(=O)COc1ccccc1F)Cc1ccccc1. The Kier molecular flexibility index (Phi) is 6.75. The number of amides is 1. The molecule has 0 aliphatic rings. The van der Waals surface area contributed by atoms with E-state index in [4.69, 9.17) is 4.74 Å². The third-order valence-corrected chi connectivity index (χ3v) is 3.77. The summed E-state index contributed by atoms with van der Waals surface area (Å²) in [5.74, 6) is -0.653. The van der Waals surface area contributed by atoms with Gasteiger partial charge in [0.25, 0.3) is 5.91 Å². The minimum atomic E-state index is -0.472. The maximum absolute atomic E-state index is 13.4. The Morgan fingerprint density at radius 3 is 2.46 bits per heavy atom. The molecule has 0 bridgehead atoms. The highest BCUT2D eigenvalue weighted by Gasteiger charge is 2.14. The van der Waals surface area contributed by atoms with Crippen molar-refractivity contribution in [3.05, 3.63) is 66.0 Å². The molecule has 1 atom stereocenters. The number of para-hydroxylation sites is 1. The first-order valence-electron chi connectivity index (χ1n) is 7.90. The van der Waals surface area contributed by atoms with Crippen molar-refractivity contribution in [1.82, 2.24) is 10.2 Å². The summed E-state index contributed by atoms with van der Waals surface area (Å²) >= 11 is 0. The van der Waals surface area contributed by atoms with Gasteiger partial charge in [0.1, 0.15) is 0 Å². The van der Waals surface area contributed by atoms with Gasteiger partial charge in [-0.2, -0.15) is 0 Å². The van der Waals surface area contributed by atoms with E-state index in [2.05, 4.69) is 22.3 Å². The van der Waals surface area contributed by atoms with Gasteiger partial charge in [-0.1, -0.05) is 42.5 Å². The maximum atomic E-state index is 13.4. The van der Waals surface area contributed by atoms with Crippen LogP contribution >= 0.6 is 0 Å². The van der Waals surface area contributed by atoms with Crippen LogP contribution in [0.25, 0.3) is 0 Å². The minimum Gasteiger partial charge on any atom is -0.481 e. The van der Waals surface area contributed by atoms with Crippen LogP contribution in [0.4, 0.5) is 4.39 Å². The molecule has 0 aliphatic carbocycles. The molecular weight excluding hydrogens is 307 g/mol. The average Bonchev–Trinajstić information content (AvgIpc) is 2.58. The number of benzene rings is 2. The molecule has 0 saturated carbocycles. The highest BCUT2D eigenvalue weighted by molar-refractivity contribution is 5.77. The second-order valence-electron chi connectivity index (χ2n) is 5.83. The van der Waals surface area contributed by atoms with Crippen LogP contribution < -0.4 is 10.1 Å². The molecule has 2 aromatic carbocycles. The zero-order valence-electron chi connectivity index (χ0n) is 14.0. The summed E-state index contributed by atoms with van der Waals surface area (Å²) in [6, 6.07) is 16.3. The van der Waals surface area contributed by atoms with Crippen molar-refractivity contribution in [2.24, 2.45) is 0 Å². The van der Waals surface area contributed by atoms with E-state index in [1.165, 1.54) is 17.7 Å². The lowest BCUT2D eigenvalue weighted by Crippen LogP contribution is -2.43. The van der Waals surface area contributed by atoms with Gasteiger partial charge in [0, 0.05) is 12.6 Å². The Morgan fingerprint density at radius 2 is 1.79 bits per heavy atom. The zero-order valence-corrected chi connectivity index (χ0v) is 14.0. The molecule has 0 spiro atoms. The van der Waals surface area contributed by atoms with Gasteiger partial charge in [0.15, 0.2) is 18.2 Å². The topological polar surface area (TPSA) is 41.6 Å². The highest BCUT2D eigenvalue weighted by atomic mass is 19.1. The standard InChI is InChI=1S/C19H23FN2O2/c1-22(2)16(12-15-8-4-3-5-9-15)13-21-19(23)14-24-18-11-7-6-10-17(18)20/h3-11,16H,12-14H2,1-2H3,(H,21,23). The smallest absolute Gasteiger partial charge is 0.257 e. The first-order chi connectivity index (χ1) is 11.6. The van der Waals surface area contributed by atoms with Crippen LogP contribution in [-0.4, -0.2) is 44.1 Å². The summed E-state index contributed by atoms with van der Waals surface area (Å²) in [5, 5.41) is 2.85. The van der Waals surface area contributed by atoms with Gasteiger partial charge in [-0.25, -0.2) is 4.39 Å². The van der Waals surface area contributed by atoms with E-state index in [-0.39, 0.29) is 24.3 Å². The number of halogens is 1. The summed E-state index contributed by atoms with van der Waals surface area (Å²) in [5.41, 5.74) is 1.22. The molecule has 0 fully saturated rings. The first kappa shape index (κ1) is 17.9. The first-order valence-corrected chi connectivity index (χ1v) is 7.90. The molecule has 128 valence electrons. The Labute approximate surface area is 142 Å². The minimum absolute atomic E-state index is 0.0843. The number of rotatable bonds is 8. The number of hydrogen-bond donors (Lipinski definition) is 1. The van der Waals surface area contributed by atoms with Gasteiger partial charge in [0.2, 0.25) is 0 Å². The number of likely N-dealkylation sites (N-methyl/N-ethyl adjacent to an activating group) is 1. The van der Waals surface area contributed by atoms with Crippen molar-refractivity contribution in [3.63, 3.8) is 0 Å². The lowest BCUT2D eigenvalue weighted by Gasteiger charge is -2.24. The molecule has 4 nitrogen and oxygen atoms in total. The third-order valence-electron chi connectivity index (χ3n) is 3.77. The lowest BCUT2D eigenvalue weighted by atomic mass is 10.1. The van der Waals surface area contributed by atoms with Crippen LogP contribution in [0, 0.1) is 5.82 Å². The largest absolute Gasteiger partial charge is 0.481 e. The fourth-order valence-electron chi connectivity index (χ4n) is 2.31. The molecule has 1 N–H and O–H groups in total. The maximum Gasteiger partial charge on any atom is 0.257 e. The van der Waals surface area contributed by atoms with E-state index in [9.17, 15) is 9.18 Å². The van der Waals surface area contributed by atoms with E-state index in [1.54, 1.807) is 12.1 Å². The Hall–Kier alpha value is -2.40. The van der Waals surface area contributed by atoms with Crippen LogP contribution in [0.2, 0.25) is 0 Å². The quantitative estimate of drug-likeness (QED) is 0.808. The Balaban J connectivity index is 1.81. The molecule has 0 radical (unpaired) electrons. The van der Waals surface area contributed by atoms with Crippen LogP contribution in [0.5, 0.6) is 5.75 Å². The highest BCUT2D eigenvalue weighted by Crippen LogP contribution is 2.14. The van der Waals surface area contributed by atoms with Crippen molar-refractivity contribution in [2.45, 2.75) is 12.5 Å². The van der Waals surface area contributed by atoms with Crippen molar-refractivity contribution in [2.75, 3.05) is 27.2 Å². The second kappa shape index (κ2) is 9.03. The molecule has 2 aromatic rings. The molecule has 1 unspecified atom stereocenters. The fraction of sp³-hybridized carbons (Fsp3) is 0.316. The van der Waals surface area contributed by atoms with Crippen molar-refractivity contribution in [3.8, 4) is 5.75 Å². The van der Waals surface area contributed by atoms with Gasteiger partial charge in [-0.3, -0.25) is 4.79 Å². The predicted octanol–water partition coefficient (Wildman–Crippen LogP) is 2.49. The van der Waals surface area contributed by atoms with Gasteiger partial charge in [-0.15, -0.1) is 0 Å². The average molecular weight is 330 g/mol. The van der Waals surface area contributed by atoms with E-state index < -0.39 is 5.82 Å². The van der Waals surface area contributed by atoms with Crippen molar-refractivity contribution >= 4 is 5.91 Å². The number of carbonyl (C=O) groups excluding carboxylic acids is 1. The second-order valence-corrected chi connectivity index (χ2v) is 5.83. The molecule has 0 aliphatic heterocycles. The Bertz CT molecular complexity index is 647. The van der Waals surface area contributed by atoms with Crippen LogP contribution in [0.3, 0.4) is 0 Å². The predicted molar refractivity (Wildman–Crippen MR) is 92.5 cm³/mol. The van der Waals surface area contributed by atoms with Gasteiger partial charge >= 0.3 is 0 Å². The number of nitrogens with one attached hydrogen (secondary N) is 1. The monoisotopic (exact) mass is 330 g/mol. The van der Waals surface area contributed by atoms with Crippen LogP contribution in [0.1, 0.15) is 5.56 Å². The van der Waals surface area contributed by atoms with Gasteiger partial charge in [0.05, 0.1) is 0 Å². The summed E-state index contributed by atoms with van der Waals surface area (Å²) in [6.07, 6.45) is 0.836. The number of ether oxygens (including phenoxy) is 1. The number of hydrogen-bond acceptors (Lipinski definition) is 3. The summed E-state index contributed by atoms with van der Waals surface area (Å²) in [7, 11) is 3.96. The van der Waals surface area contributed by atoms with E-state index in [1.807, 2.05) is 32.3 Å². The molecule has 1 amide bonds. The number of nitrogens with zero attached hydrogens (tertiary/aromatic N) is 1. The molecule has 0 aromatic heterocycles. The zero-order chi connectivity index (χ0) is 17.4. The van der Waals surface area contributed by atoms with E-state index in [0.29, 0.717) is 6.54 Å². The van der Waals surface area contributed by atoms with Gasteiger partial charge in [-0.05, 0) is 38.2 Å². The summed E-state index contributed by atoms with van der Waals surface area (Å²) in [4.78, 5) is 14.0. The molecule has 24 heavy (non-hydrogen) atoms. The molecule has 0 saturated heterocycles. The van der Waals surface area contributed by atoms with Crippen molar-refractivity contribution in [1.29, 1.82) is 0 Å². The van der Waals surface area contributed by atoms with Crippen molar-refractivity contribution < 1.29 is 13.9 Å². The number of carbonyl (C=O) groups is 1.